The molecule has 3 rings (SSSR count). The standard InChI is InChI=1S/C16H16N2O3/c1-16(2)12(13(16)15(20)21)14(19)18-11-5-3-4-9-8-17-7-6-10(9)11/h3-8,12-13H,1-2H3,(H,18,19)(H,20,21). The van der Waals surface area contributed by atoms with Gasteiger partial charge in [-0.15, -0.1) is 0 Å². The van der Waals surface area contributed by atoms with Crippen LogP contribution in [0.25, 0.3) is 10.8 Å². The molecule has 0 aliphatic heterocycles. The minimum atomic E-state index is -0.915. The van der Waals surface area contributed by atoms with E-state index in [9.17, 15) is 9.59 Å². The van der Waals surface area contributed by atoms with Crippen molar-refractivity contribution in [2.45, 2.75) is 13.8 Å². The summed E-state index contributed by atoms with van der Waals surface area (Å²) in [6, 6.07) is 7.40. The predicted octanol–water partition coefficient (Wildman–Crippen LogP) is 2.53. The first-order chi connectivity index (χ1) is 9.93. The number of amides is 1. The zero-order chi connectivity index (χ0) is 15.2. The van der Waals surface area contributed by atoms with Gasteiger partial charge in [-0.05, 0) is 17.5 Å². The second kappa shape index (κ2) is 4.55. The Morgan fingerprint density at radius 2 is 2.00 bits per heavy atom. The summed E-state index contributed by atoms with van der Waals surface area (Å²) in [5, 5.41) is 13.8. The van der Waals surface area contributed by atoms with Crippen molar-refractivity contribution in [3.8, 4) is 0 Å². The minimum absolute atomic E-state index is 0.239. The van der Waals surface area contributed by atoms with E-state index < -0.39 is 23.2 Å². The Hall–Kier alpha value is -2.43. The van der Waals surface area contributed by atoms with Gasteiger partial charge in [-0.3, -0.25) is 14.6 Å². The highest BCUT2D eigenvalue weighted by Crippen LogP contribution is 2.58. The van der Waals surface area contributed by atoms with Crippen LogP contribution in [0, 0.1) is 17.3 Å². The zero-order valence-electron chi connectivity index (χ0n) is 11.8. The van der Waals surface area contributed by atoms with Crippen molar-refractivity contribution < 1.29 is 14.7 Å². The van der Waals surface area contributed by atoms with Gasteiger partial charge in [0.2, 0.25) is 5.91 Å². The summed E-state index contributed by atoms with van der Waals surface area (Å²) in [7, 11) is 0. The molecule has 2 N–H and O–H groups in total. The Morgan fingerprint density at radius 1 is 1.24 bits per heavy atom. The van der Waals surface area contributed by atoms with E-state index in [2.05, 4.69) is 10.3 Å². The first-order valence-electron chi connectivity index (χ1n) is 6.79. The molecule has 0 spiro atoms. The summed E-state index contributed by atoms with van der Waals surface area (Å²) in [6.45, 7) is 3.62. The number of hydrogen-bond donors (Lipinski definition) is 2. The molecule has 21 heavy (non-hydrogen) atoms. The van der Waals surface area contributed by atoms with Gasteiger partial charge in [0.25, 0.3) is 0 Å². The fourth-order valence-corrected chi connectivity index (χ4v) is 3.03. The van der Waals surface area contributed by atoms with Gasteiger partial charge in [0, 0.05) is 28.9 Å². The Labute approximate surface area is 122 Å². The van der Waals surface area contributed by atoms with E-state index in [0.717, 1.165) is 10.8 Å². The summed E-state index contributed by atoms with van der Waals surface area (Å²) < 4.78 is 0. The maximum absolute atomic E-state index is 12.4. The van der Waals surface area contributed by atoms with E-state index in [-0.39, 0.29) is 5.91 Å². The molecule has 1 aromatic carbocycles. The summed E-state index contributed by atoms with van der Waals surface area (Å²) in [6.07, 6.45) is 3.39. The minimum Gasteiger partial charge on any atom is -0.481 e. The molecule has 1 aliphatic rings. The van der Waals surface area contributed by atoms with Gasteiger partial charge in [-0.1, -0.05) is 26.0 Å². The lowest BCUT2D eigenvalue weighted by atomic mass is 10.1. The first-order valence-corrected chi connectivity index (χ1v) is 6.79. The number of hydrogen-bond acceptors (Lipinski definition) is 3. The molecule has 1 aromatic heterocycles. The van der Waals surface area contributed by atoms with Gasteiger partial charge in [0.15, 0.2) is 0 Å². The number of carbonyl (C=O) groups excluding carboxylic acids is 1. The Balaban J connectivity index is 1.87. The SMILES string of the molecule is CC1(C)C(C(=O)O)C1C(=O)Nc1cccc2cnccc12. The van der Waals surface area contributed by atoms with Crippen LogP contribution in [0.4, 0.5) is 5.69 Å². The van der Waals surface area contributed by atoms with Gasteiger partial charge in [0.1, 0.15) is 0 Å². The molecule has 1 fully saturated rings. The number of benzene rings is 1. The summed E-state index contributed by atoms with van der Waals surface area (Å²) in [5.74, 6) is -2.26. The lowest BCUT2D eigenvalue weighted by Gasteiger charge is -2.09. The molecule has 5 nitrogen and oxygen atoms in total. The molecule has 1 amide bonds. The lowest BCUT2D eigenvalue weighted by Crippen LogP contribution is -2.17. The molecule has 0 radical (unpaired) electrons. The van der Waals surface area contributed by atoms with E-state index in [1.54, 1.807) is 12.4 Å². The number of pyridine rings is 1. The quantitative estimate of drug-likeness (QED) is 0.907. The van der Waals surface area contributed by atoms with Crippen LogP contribution >= 0.6 is 0 Å². The molecule has 0 bridgehead atoms. The highest BCUT2D eigenvalue weighted by Gasteiger charge is 2.65. The van der Waals surface area contributed by atoms with Gasteiger partial charge in [0.05, 0.1) is 11.8 Å². The second-order valence-corrected chi connectivity index (χ2v) is 6.01. The normalized spacial score (nSPS) is 22.8. The Morgan fingerprint density at radius 3 is 2.67 bits per heavy atom. The van der Waals surface area contributed by atoms with Crippen molar-refractivity contribution in [1.29, 1.82) is 0 Å². The number of anilines is 1. The van der Waals surface area contributed by atoms with Gasteiger partial charge in [-0.25, -0.2) is 0 Å². The molecule has 2 atom stereocenters. The smallest absolute Gasteiger partial charge is 0.307 e. The van der Waals surface area contributed by atoms with E-state index >= 15 is 0 Å². The summed E-state index contributed by atoms with van der Waals surface area (Å²) in [5.41, 5.74) is 0.189. The number of carboxylic acids is 1. The van der Waals surface area contributed by atoms with Gasteiger partial charge in [-0.2, -0.15) is 0 Å². The Kier molecular flexibility index (Phi) is 2.93. The molecule has 1 saturated carbocycles. The highest BCUT2D eigenvalue weighted by molar-refractivity contribution is 6.05. The van der Waals surface area contributed by atoms with Crippen LogP contribution in [-0.4, -0.2) is 22.0 Å². The number of aromatic nitrogens is 1. The average molecular weight is 284 g/mol. The summed E-state index contributed by atoms with van der Waals surface area (Å²) >= 11 is 0. The van der Waals surface area contributed by atoms with E-state index in [1.807, 2.05) is 38.1 Å². The van der Waals surface area contributed by atoms with Crippen LogP contribution in [0.3, 0.4) is 0 Å². The average Bonchev–Trinajstić information content (AvgIpc) is 3.02. The highest BCUT2D eigenvalue weighted by atomic mass is 16.4. The monoisotopic (exact) mass is 284 g/mol. The fourth-order valence-electron chi connectivity index (χ4n) is 3.03. The van der Waals surface area contributed by atoms with E-state index in [4.69, 9.17) is 5.11 Å². The number of rotatable bonds is 3. The number of aliphatic carboxylic acids is 1. The van der Waals surface area contributed by atoms with Crippen molar-refractivity contribution in [1.82, 2.24) is 4.98 Å². The first kappa shape index (κ1) is 13.5. The maximum Gasteiger partial charge on any atom is 0.307 e. The van der Waals surface area contributed by atoms with Crippen LogP contribution in [0.2, 0.25) is 0 Å². The third kappa shape index (κ3) is 2.14. The summed E-state index contributed by atoms with van der Waals surface area (Å²) in [4.78, 5) is 27.6. The van der Waals surface area contributed by atoms with E-state index in [0.29, 0.717) is 5.69 Å². The molecule has 2 unspecified atom stereocenters. The molecule has 108 valence electrons. The van der Waals surface area contributed by atoms with Gasteiger partial charge >= 0.3 is 5.97 Å². The molecular weight excluding hydrogens is 268 g/mol. The molecule has 1 heterocycles. The van der Waals surface area contributed by atoms with Crippen molar-refractivity contribution in [3.05, 3.63) is 36.7 Å². The molecule has 2 aromatic rings. The van der Waals surface area contributed by atoms with Crippen molar-refractivity contribution >= 4 is 28.3 Å². The lowest BCUT2D eigenvalue weighted by molar-refractivity contribution is -0.140. The van der Waals surface area contributed by atoms with Crippen molar-refractivity contribution in [2.75, 3.05) is 5.32 Å². The van der Waals surface area contributed by atoms with Crippen LogP contribution in [0.1, 0.15) is 13.8 Å². The maximum atomic E-state index is 12.4. The van der Waals surface area contributed by atoms with E-state index in [1.165, 1.54) is 0 Å². The van der Waals surface area contributed by atoms with Crippen molar-refractivity contribution in [2.24, 2.45) is 17.3 Å². The molecule has 0 saturated heterocycles. The number of carboxylic acid groups (broad SMARTS) is 1. The topological polar surface area (TPSA) is 79.3 Å². The van der Waals surface area contributed by atoms with Crippen LogP contribution < -0.4 is 5.32 Å². The van der Waals surface area contributed by atoms with Crippen LogP contribution in [0.15, 0.2) is 36.7 Å². The molecule has 1 aliphatic carbocycles. The third-order valence-electron chi connectivity index (χ3n) is 4.31. The second-order valence-electron chi connectivity index (χ2n) is 6.01. The van der Waals surface area contributed by atoms with Crippen molar-refractivity contribution in [3.63, 3.8) is 0 Å². The largest absolute Gasteiger partial charge is 0.481 e. The fraction of sp³-hybridized carbons (Fsp3) is 0.312. The number of fused-ring (bicyclic) bond motifs is 1. The number of nitrogens with zero attached hydrogens (tertiary/aromatic N) is 1. The predicted molar refractivity (Wildman–Crippen MR) is 78.8 cm³/mol. The molecule has 5 heteroatoms. The molecular formula is C16H16N2O3. The number of carbonyl (C=O) groups is 2. The zero-order valence-corrected chi connectivity index (χ0v) is 11.8. The Bertz CT molecular complexity index is 734. The van der Waals surface area contributed by atoms with Crippen LogP contribution in [-0.2, 0) is 9.59 Å². The third-order valence-corrected chi connectivity index (χ3v) is 4.31. The van der Waals surface area contributed by atoms with Gasteiger partial charge < -0.3 is 10.4 Å². The number of nitrogens with one attached hydrogen (secondary N) is 1. The van der Waals surface area contributed by atoms with Crippen LogP contribution in [0.5, 0.6) is 0 Å².